The largest absolute Gasteiger partial charge is 0.293 e. The highest BCUT2D eigenvalue weighted by molar-refractivity contribution is 5.88. The van der Waals surface area contributed by atoms with Crippen molar-refractivity contribution in [1.29, 1.82) is 0 Å². The second-order valence-electron chi connectivity index (χ2n) is 6.00. The summed E-state index contributed by atoms with van der Waals surface area (Å²) in [5, 5.41) is 0. The van der Waals surface area contributed by atoms with Crippen LogP contribution in [0.1, 0.15) is 78.1 Å². The minimum absolute atomic E-state index is 0.470. The molecule has 0 saturated carbocycles. The van der Waals surface area contributed by atoms with Crippen LogP contribution >= 0.6 is 0 Å². The van der Waals surface area contributed by atoms with Gasteiger partial charge in [-0.15, -0.1) is 0 Å². The number of aliphatic imine (C=N–C) groups is 1. The highest BCUT2D eigenvalue weighted by Crippen LogP contribution is 2.12. The van der Waals surface area contributed by atoms with Crippen LogP contribution in [0.4, 0.5) is 0 Å². The minimum atomic E-state index is 0.470. The van der Waals surface area contributed by atoms with E-state index in [1.54, 1.807) is 0 Å². The summed E-state index contributed by atoms with van der Waals surface area (Å²) in [4.78, 5) is 4.69. The summed E-state index contributed by atoms with van der Waals surface area (Å²) >= 11 is 0. The summed E-state index contributed by atoms with van der Waals surface area (Å²) < 4.78 is 0. The zero-order valence-electron chi connectivity index (χ0n) is 13.6. The van der Waals surface area contributed by atoms with Gasteiger partial charge in [0.1, 0.15) is 0 Å². The van der Waals surface area contributed by atoms with Gasteiger partial charge in [-0.25, -0.2) is 0 Å². The Hall–Kier alpha value is -0.850. The monoisotopic (exact) mass is 275 g/mol. The van der Waals surface area contributed by atoms with E-state index >= 15 is 0 Å². The highest BCUT2D eigenvalue weighted by atomic mass is 14.7. The molecule has 0 unspecified atom stereocenters. The van der Waals surface area contributed by atoms with Gasteiger partial charge in [-0.3, -0.25) is 4.99 Å². The van der Waals surface area contributed by atoms with Crippen LogP contribution in [-0.4, -0.2) is 12.3 Å². The van der Waals surface area contributed by atoms with Crippen LogP contribution in [-0.2, 0) is 0 Å². The molecule has 20 heavy (non-hydrogen) atoms. The third-order valence-electron chi connectivity index (χ3n) is 4.10. The van der Waals surface area contributed by atoms with Gasteiger partial charge in [-0.2, -0.15) is 0 Å². The summed E-state index contributed by atoms with van der Waals surface area (Å²) in [6, 6.07) is 0. The van der Waals surface area contributed by atoms with Crippen LogP contribution in [0.2, 0.25) is 0 Å². The molecule has 0 aromatic heterocycles. The number of nitrogens with zero attached hydrogens (tertiary/aromatic N) is 1. The average Bonchev–Trinajstić information content (AvgIpc) is 2.99. The Bertz CT molecular complexity index is 300. The quantitative estimate of drug-likeness (QED) is 0.301. The zero-order chi connectivity index (χ0) is 14.5. The molecular formula is C19H33N. The van der Waals surface area contributed by atoms with Crippen molar-refractivity contribution in [3.05, 3.63) is 24.3 Å². The van der Waals surface area contributed by atoms with Crippen molar-refractivity contribution in [2.45, 2.75) is 78.1 Å². The molecule has 1 rings (SSSR count). The fraction of sp³-hybridized carbons (Fsp3) is 0.737. The van der Waals surface area contributed by atoms with Gasteiger partial charge in [0.05, 0.1) is 0 Å². The maximum atomic E-state index is 4.69. The maximum absolute atomic E-state index is 4.69. The molecular weight excluding hydrogens is 242 g/mol. The zero-order valence-corrected chi connectivity index (χ0v) is 13.6. The van der Waals surface area contributed by atoms with Gasteiger partial charge in [0.2, 0.25) is 0 Å². The van der Waals surface area contributed by atoms with Crippen LogP contribution in [0, 0.1) is 5.92 Å². The Labute approximate surface area is 126 Å². The topological polar surface area (TPSA) is 12.4 Å². The third kappa shape index (κ3) is 8.35. The summed E-state index contributed by atoms with van der Waals surface area (Å²) in [6.07, 6.45) is 22.6. The van der Waals surface area contributed by atoms with Crippen molar-refractivity contribution in [3.8, 4) is 0 Å². The van der Waals surface area contributed by atoms with E-state index in [1.807, 2.05) is 0 Å². The Morgan fingerprint density at radius 1 is 0.800 bits per heavy atom. The van der Waals surface area contributed by atoms with Gasteiger partial charge in [0.25, 0.3) is 0 Å². The van der Waals surface area contributed by atoms with E-state index in [1.165, 1.54) is 69.9 Å². The molecule has 0 aromatic rings. The van der Waals surface area contributed by atoms with E-state index in [2.05, 4.69) is 43.1 Å². The summed E-state index contributed by atoms with van der Waals surface area (Å²) in [6.45, 7) is 5.45. The van der Waals surface area contributed by atoms with Gasteiger partial charge < -0.3 is 0 Å². The van der Waals surface area contributed by atoms with Crippen LogP contribution < -0.4 is 0 Å². The summed E-state index contributed by atoms with van der Waals surface area (Å²) in [5.41, 5.74) is 1.27. The summed E-state index contributed by atoms with van der Waals surface area (Å²) in [5.74, 6) is 0.470. The number of hydrogen-bond donors (Lipinski definition) is 0. The van der Waals surface area contributed by atoms with Crippen molar-refractivity contribution in [1.82, 2.24) is 0 Å². The van der Waals surface area contributed by atoms with Gasteiger partial charge in [-0.05, 0) is 13.3 Å². The first-order valence-corrected chi connectivity index (χ1v) is 8.70. The molecule has 0 atom stereocenters. The predicted octanol–water partition coefficient (Wildman–Crippen LogP) is 6.11. The van der Waals surface area contributed by atoms with Gasteiger partial charge >= 0.3 is 0 Å². The van der Waals surface area contributed by atoms with Gasteiger partial charge in [-0.1, -0.05) is 89.0 Å². The Morgan fingerprint density at radius 3 is 1.85 bits per heavy atom. The lowest BCUT2D eigenvalue weighted by Crippen LogP contribution is -2.04. The van der Waals surface area contributed by atoms with Crippen LogP contribution in [0.3, 0.4) is 0 Å². The van der Waals surface area contributed by atoms with Crippen molar-refractivity contribution >= 4 is 5.71 Å². The molecule has 0 amide bonds. The molecule has 0 saturated heterocycles. The second kappa shape index (κ2) is 11.9. The molecule has 0 heterocycles. The molecule has 0 fully saturated rings. The molecule has 114 valence electrons. The molecule has 0 aliphatic heterocycles. The number of rotatable bonds is 12. The van der Waals surface area contributed by atoms with E-state index in [4.69, 9.17) is 0 Å². The predicted molar refractivity (Wildman–Crippen MR) is 91.6 cm³/mol. The van der Waals surface area contributed by atoms with E-state index in [-0.39, 0.29) is 0 Å². The van der Waals surface area contributed by atoms with Gasteiger partial charge in [0, 0.05) is 18.2 Å². The van der Waals surface area contributed by atoms with Crippen molar-refractivity contribution < 1.29 is 0 Å². The standard InChI is InChI=1S/C19H33N/c1-3-4-5-6-7-8-9-10-11-14-17-20-18(2)19-15-12-13-16-19/h12-13,15-16,19H,3-11,14,17H2,1-2H3. The summed E-state index contributed by atoms with van der Waals surface area (Å²) in [7, 11) is 0. The van der Waals surface area contributed by atoms with Crippen LogP contribution in [0.25, 0.3) is 0 Å². The molecule has 1 aliphatic carbocycles. The average molecular weight is 275 g/mol. The Balaban J connectivity index is 1.86. The molecule has 0 spiro atoms. The van der Waals surface area contributed by atoms with E-state index in [0.29, 0.717) is 5.92 Å². The first kappa shape index (κ1) is 17.2. The number of allylic oxidation sites excluding steroid dienone is 4. The lowest BCUT2D eigenvalue weighted by atomic mass is 10.1. The first-order chi connectivity index (χ1) is 9.84. The Kier molecular flexibility index (Phi) is 10.3. The van der Waals surface area contributed by atoms with E-state index < -0.39 is 0 Å². The van der Waals surface area contributed by atoms with Crippen molar-refractivity contribution in [2.75, 3.05) is 6.54 Å². The molecule has 1 nitrogen and oxygen atoms in total. The maximum Gasteiger partial charge on any atom is 0.0388 e. The SMILES string of the molecule is CCCCCCCCCCCCN=C(C)C1C=CC=C1. The fourth-order valence-electron chi connectivity index (χ4n) is 2.67. The molecule has 0 aromatic carbocycles. The minimum Gasteiger partial charge on any atom is -0.293 e. The van der Waals surface area contributed by atoms with Crippen LogP contribution in [0.5, 0.6) is 0 Å². The highest BCUT2D eigenvalue weighted by Gasteiger charge is 2.05. The van der Waals surface area contributed by atoms with Gasteiger partial charge in [0.15, 0.2) is 0 Å². The fourth-order valence-corrected chi connectivity index (χ4v) is 2.67. The second-order valence-corrected chi connectivity index (χ2v) is 6.00. The smallest absolute Gasteiger partial charge is 0.0388 e. The molecule has 1 heteroatoms. The first-order valence-electron chi connectivity index (χ1n) is 8.70. The van der Waals surface area contributed by atoms with E-state index in [0.717, 1.165) is 6.54 Å². The number of unbranched alkanes of at least 4 members (excludes halogenated alkanes) is 9. The van der Waals surface area contributed by atoms with Crippen molar-refractivity contribution in [3.63, 3.8) is 0 Å². The molecule has 1 aliphatic rings. The van der Waals surface area contributed by atoms with Crippen molar-refractivity contribution in [2.24, 2.45) is 10.9 Å². The lowest BCUT2D eigenvalue weighted by Gasteiger charge is -2.05. The van der Waals surface area contributed by atoms with E-state index in [9.17, 15) is 0 Å². The number of hydrogen-bond acceptors (Lipinski definition) is 1. The Morgan fingerprint density at radius 2 is 1.30 bits per heavy atom. The van der Waals surface area contributed by atoms with Crippen LogP contribution in [0.15, 0.2) is 29.3 Å². The molecule has 0 radical (unpaired) electrons. The third-order valence-corrected chi connectivity index (χ3v) is 4.10. The molecule has 0 N–H and O–H groups in total. The lowest BCUT2D eigenvalue weighted by molar-refractivity contribution is 0.558. The normalized spacial score (nSPS) is 15.4. The molecule has 0 bridgehead atoms.